The fourth-order valence-electron chi connectivity index (χ4n) is 2.12. The average molecular weight is 277 g/mol. The molecule has 0 aliphatic carbocycles. The zero-order valence-corrected chi connectivity index (χ0v) is 11.1. The van der Waals surface area contributed by atoms with E-state index in [2.05, 4.69) is 5.32 Å². The lowest BCUT2D eigenvalue weighted by molar-refractivity contribution is -0.385. The SMILES string of the molecule is Cc1ccc([N+](=O)[O-])c(C(=O)N2CCNC(=O)CC2)c1. The summed E-state index contributed by atoms with van der Waals surface area (Å²) in [5, 5.41) is 13.7. The highest BCUT2D eigenvalue weighted by Gasteiger charge is 2.26. The number of hydrogen-bond donors (Lipinski definition) is 1. The van der Waals surface area contributed by atoms with Crippen LogP contribution in [0.25, 0.3) is 0 Å². The Labute approximate surface area is 115 Å². The van der Waals surface area contributed by atoms with Crippen LogP contribution in [0.3, 0.4) is 0 Å². The third kappa shape index (κ3) is 2.93. The molecule has 1 N–H and O–H groups in total. The number of hydrogen-bond acceptors (Lipinski definition) is 4. The zero-order valence-electron chi connectivity index (χ0n) is 11.1. The number of carbonyl (C=O) groups excluding carboxylic acids is 2. The van der Waals surface area contributed by atoms with Gasteiger partial charge in [0.25, 0.3) is 11.6 Å². The van der Waals surface area contributed by atoms with Crippen LogP contribution in [0.15, 0.2) is 18.2 Å². The number of nitro groups is 1. The van der Waals surface area contributed by atoms with Crippen LogP contribution in [0.5, 0.6) is 0 Å². The van der Waals surface area contributed by atoms with Crippen LogP contribution >= 0.6 is 0 Å². The molecule has 106 valence electrons. The van der Waals surface area contributed by atoms with Gasteiger partial charge in [-0.1, -0.05) is 6.07 Å². The van der Waals surface area contributed by atoms with Crippen molar-refractivity contribution in [3.8, 4) is 0 Å². The Hall–Kier alpha value is -2.44. The lowest BCUT2D eigenvalue weighted by Gasteiger charge is -2.19. The number of nitrogens with zero attached hydrogens (tertiary/aromatic N) is 2. The Morgan fingerprint density at radius 1 is 1.40 bits per heavy atom. The first-order chi connectivity index (χ1) is 9.49. The van der Waals surface area contributed by atoms with Gasteiger partial charge < -0.3 is 10.2 Å². The first kappa shape index (κ1) is 14.0. The van der Waals surface area contributed by atoms with Gasteiger partial charge in [-0.15, -0.1) is 0 Å². The van der Waals surface area contributed by atoms with Crippen molar-refractivity contribution in [2.45, 2.75) is 13.3 Å². The molecule has 1 saturated heterocycles. The summed E-state index contributed by atoms with van der Waals surface area (Å²) in [5.74, 6) is -0.518. The van der Waals surface area contributed by atoms with Crippen molar-refractivity contribution in [3.63, 3.8) is 0 Å². The topological polar surface area (TPSA) is 92.6 Å². The van der Waals surface area contributed by atoms with Crippen molar-refractivity contribution in [2.24, 2.45) is 0 Å². The van der Waals surface area contributed by atoms with Crippen molar-refractivity contribution in [3.05, 3.63) is 39.4 Å². The third-order valence-electron chi connectivity index (χ3n) is 3.18. The van der Waals surface area contributed by atoms with E-state index < -0.39 is 10.8 Å². The number of benzene rings is 1. The average Bonchev–Trinajstić information content (AvgIpc) is 2.62. The summed E-state index contributed by atoms with van der Waals surface area (Å²) in [6.07, 6.45) is 0.214. The van der Waals surface area contributed by atoms with Crippen LogP contribution < -0.4 is 5.32 Å². The van der Waals surface area contributed by atoms with Gasteiger partial charge in [0.1, 0.15) is 5.56 Å². The molecule has 0 saturated carbocycles. The molecule has 1 aliphatic heterocycles. The van der Waals surface area contributed by atoms with Crippen molar-refractivity contribution in [1.29, 1.82) is 0 Å². The Kier molecular flexibility index (Phi) is 3.97. The molecule has 7 nitrogen and oxygen atoms in total. The molecule has 2 rings (SSSR count). The summed E-state index contributed by atoms with van der Waals surface area (Å²) in [6.45, 7) is 2.77. The molecule has 1 fully saturated rings. The molecule has 0 spiro atoms. The van der Waals surface area contributed by atoms with Gasteiger partial charge in [-0.25, -0.2) is 0 Å². The molecule has 0 bridgehead atoms. The van der Waals surface area contributed by atoms with E-state index in [4.69, 9.17) is 0 Å². The van der Waals surface area contributed by atoms with Gasteiger partial charge >= 0.3 is 0 Å². The molecule has 1 aromatic carbocycles. The fraction of sp³-hybridized carbons (Fsp3) is 0.385. The first-order valence-electron chi connectivity index (χ1n) is 6.30. The summed E-state index contributed by atoms with van der Waals surface area (Å²) >= 11 is 0. The highest BCUT2D eigenvalue weighted by Crippen LogP contribution is 2.21. The van der Waals surface area contributed by atoms with Gasteiger partial charge in [0.15, 0.2) is 0 Å². The minimum Gasteiger partial charge on any atom is -0.354 e. The zero-order chi connectivity index (χ0) is 14.7. The van der Waals surface area contributed by atoms with Crippen LogP contribution in [0.2, 0.25) is 0 Å². The lowest BCUT2D eigenvalue weighted by atomic mass is 10.1. The predicted octanol–water partition coefficient (Wildman–Crippen LogP) is 0.865. The van der Waals surface area contributed by atoms with Gasteiger partial charge in [0.05, 0.1) is 4.92 Å². The quantitative estimate of drug-likeness (QED) is 0.641. The van der Waals surface area contributed by atoms with E-state index in [1.807, 2.05) is 0 Å². The van der Waals surface area contributed by atoms with E-state index in [1.165, 1.54) is 17.0 Å². The highest BCUT2D eigenvalue weighted by atomic mass is 16.6. The lowest BCUT2D eigenvalue weighted by Crippen LogP contribution is -2.34. The van der Waals surface area contributed by atoms with Crippen LogP contribution in [-0.2, 0) is 4.79 Å². The van der Waals surface area contributed by atoms with Gasteiger partial charge in [-0.3, -0.25) is 19.7 Å². The van der Waals surface area contributed by atoms with Crippen molar-refractivity contribution >= 4 is 17.5 Å². The number of rotatable bonds is 2. The molecule has 1 heterocycles. The third-order valence-corrected chi connectivity index (χ3v) is 3.18. The second-order valence-corrected chi connectivity index (χ2v) is 4.67. The van der Waals surface area contributed by atoms with E-state index in [-0.39, 0.29) is 30.1 Å². The van der Waals surface area contributed by atoms with Gasteiger partial charge in [-0.05, 0) is 18.6 Å². The smallest absolute Gasteiger partial charge is 0.282 e. The summed E-state index contributed by atoms with van der Waals surface area (Å²) in [5.41, 5.74) is 0.649. The normalized spacial score (nSPS) is 15.4. The maximum Gasteiger partial charge on any atom is 0.282 e. The fourth-order valence-corrected chi connectivity index (χ4v) is 2.12. The number of nitrogens with one attached hydrogen (secondary N) is 1. The van der Waals surface area contributed by atoms with E-state index in [0.29, 0.717) is 13.1 Å². The maximum atomic E-state index is 12.4. The highest BCUT2D eigenvalue weighted by molar-refractivity contribution is 5.98. The Balaban J connectivity index is 2.30. The standard InChI is InChI=1S/C13H15N3O4/c1-9-2-3-11(16(19)20)10(8-9)13(18)15-6-4-12(17)14-5-7-15/h2-3,8H,4-7H2,1H3,(H,14,17). The largest absolute Gasteiger partial charge is 0.354 e. The van der Waals surface area contributed by atoms with E-state index in [9.17, 15) is 19.7 Å². The van der Waals surface area contributed by atoms with Crippen molar-refractivity contribution < 1.29 is 14.5 Å². The first-order valence-corrected chi connectivity index (χ1v) is 6.30. The minimum absolute atomic E-state index is 0.0735. The molecular formula is C13H15N3O4. The van der Waals surface area contributed by atoms with E-state index >= 15 is 0 Å². The maximum absolute atomic E-state index is 12.4. The van der Waals surface area contributed by atoms with Crippen molar-refractivity contribution in [2.75, 3.05) is 19.6 Å². The summed E-state index contributed by atoms with van der Waals surface area (Å²) in [4.78, 5) is 35.6. The van der Waals surface area contributed by atoms with Gasteiger partial charge in [-0.2, -0.15) is 0 Å². The second kappa shape index (κ2) is 5.68. The molecule has 2 amide bonds. The molecule has 1 aliphatic rings. The van der Waals surface area contributed by atoms with Crippen LogP contribution in [0.4, 0.5) is 5.69 Å². The van der Waals surface area contributed by atoms with Crippen LogP contribution in [0.1, 0.15) is 22.3 Å². The second-order valence-electron chi connectivity index (χ2n) is 4.67. The summed E-state index contributed by atoms with van der Waals surface area (Å²) < 4.78 is 0. The molecule has 1 aromatic rings. The molecule has 0 aromatic heterocycles. The summed E-state index contributed by atoms with van der Waals surface area (Å²) in [7, 11) is 0. The molecular weight excluding hydrogens is 262 g/mol. The Morgan fingerprint density at radius 2 is 2.15 bits per heavy atom. The Bertz CT molecular complexity index is 571. The predicted molar refractivity (Wildman–Crippen MR) is 71.4 cm³/mol. The van der Waals surface area contributed by atoms with Crippen LogP contribution in [-0.4, -0.2) is 41.3 Å². The number of amides is 2. The van der Waals surface area contributed by atoms with E-state index in [0.717, 1.165) is 5.56 Å². The molecule has 0 radical (unpaired) electrons. The number of nitro benzene ring substituents is 1. The molecule has 20 heavy (non-hydrogen) atoms. The van der Waals surface area contributed by atoms with Crippen molar-refractivity contribution in [1.82, 2.24) is 10.2 Å². The Morgan fingerprint density at radius 3 is 2.85 bits per heavy atom. The minimum atomic E-state index is -0.562. The number of carbonyl (C=O) groups is 2. The van der Waals surface area contributed by atoms with E-state index in [1.54, 1.807) is 13.0 Å². The van der Waals surface area contributed by atoms with Gasteiger partial charge in [0.2, 0.25) is 5.91 Å². The molecule has 7 heteroatoms. The number of aryl methyl sites for hydroxylation is 1. The monoisotopic (exact) mass is 277 g/mol. The molecule has 0 atom stereocenters. The van der Waals surface area contributed by atoms with Crippen LogP contribution in [0, 0.1) is 17.0 Å². The molecule has 0 unspecified atom stereocenters. The summed E-state index contributed by atoms with van der Waals surface area (Å²) in [6, 6.07) is 4.45. The van der Waals surface area contributed by atoms with Gasteiger partial charge in [0, 0.05) is 32.1 Å².